The molecule has 2 N–H and O–H groups in total. The van der Waals surface area contributed by atoms with E-state index in [0.717, 1.165) is 12.0 Å². The molecule has 0 aliphatic carbocycles. The number of nitrogens with one attached hydrogen (secondary N) is 1. The number of carbonyl (C=O) groups excluding carboxylic acids is 1. The molecule has 1 unspecified atom stereocenters. The van der Waals surface area contributed by atoms with Crippen LogP contribution in [0.15, 0.2) is 35.2 Å². The van der Waals surface area contributed by atoms with Crippen LogP contribution >= 0.6 is 0 Å². The Balaban J connectivity index is 1.90. The zero-order chi connectivity index (χ0) is 16.9. The maximum absolute atomic E-state index is 12.2. The highest BCUT2D eigenvalue weighted by molar-refractivity contribution is 5.94. The first-order chi connectivity index (χ1) is 10.9. The molecule has 124 valence electrons. The van der Waals surface area contributed by atoms with E-state index in [1.807, 2.05) is 0 Å². The van der Waals surface area contributed by atoms with Crippen LogP contribution in [-0.4, -0.2) is 33.3 Å². The summed E-state index contributed by atoms with van der Waals surface area (Å²) in [5, 5.41) is 16.8. The summed E-state index contributed by atoms with van der Waals surface area (Å²) in [5.74, 6) is 0.790. The molecule has 1 atom stereocenters. The van der Waals surface area contributed by atoms with Gasteiger partial charge in [0.25, 0.3) is 5.91 Å². The maximum atomic E-state index is 12.2. The van der Waals surface area contributed by atoms with Crippen LogP contribution < -0.4 is 5.32 Å². The normalized spacial score (nSPS) is 13.8. The number of aromatic nitrogens is 2. The van der Waals surface area contributed by atoms with Crippen molar-refractivity contribution in [3.8, 4) is 11.4 Å². The van der Waals surface area contributed by atoms with Gasteiger partial charge in [0, 0.05) is 17.7 Å². The quantitative estimate of drug-likeness (QED) is 0.819. The molecule has 2 aromatic rings. The smallest absolute Gasteiger partial charge is 0.251 e. The van der Waals surface area contributed by atoms with Crippen LogP contribution in [0.4, 0.5) is 0 Å². The Morgan fingerprint density at radius 1 is 1.35 bits per heavy atom. The van der Waals surface area contributed by atoms with E-state index in [1.165, 1.54) is 6.39 Å². The fourth-order valence-corrected chi connectivity index (χ4v) is 2.13. The second-order valence-electron chi connectivity index (χ2n) is 6.44. The number of rotatable bonds is 7. The standard InChI is InChI=1S/C17H23N3O3/c1-12(2)8-9-17(3,22)10-18-16(21)14-6-4-13(5-7-14)15-19-11-23-20-15/h4-7,11-12,22H,8-10H2,1-3H3,(H,18,21). The molecule has 0 bridgehead atoms. The second kappa shape index (κ2) is 7.37. The number of benzene rings is 1. The van der Waals surface area contributed by atoms with Crippen molar-refractivity contribution in [3.63, 3.8) is 0 Å². The summed E-state index contributed by atoms with van der Waals surface area (Å²) in [5.41, 5.74) is 0.404. The summed E-state index contributed by atoms with van der Waals surface area (Å²) in [6.07, 6.45) is 2.83. The third kappa shape index (κ3) is 5.17. The van der Waals surface area contributed by atoms with Crippen molar-refractivity contribution in [1.82, 2.24) is 15.5 Å². The number of aliphatic hydroxyl groups is 1. The predicted octanol–water partition coefficient (Wildman–Crippen LogP) is 2.65. The third-order valence-electron chi connectivity index (χ3n) is 3.66. The topological polar surface area (TPSA) is 88.2 Å². The molecule has 1 aromatic carbocycles. The van der Waals surface area contributed by atoms with Gasteiger partial charge in [-0.2, -0.15) is 4.98 Å². The average Bonchev–Trinajstić information content (AvgIpc) is 3.05. The monoisotopic (exact) mass is 317 g/mol. The molecule has 1 amide bonds. The molecule has 6 nitrogen and oxygen atoms in total. The van der Waals surface area contributed by atoms with Crippen molar-refractivity contribution in [2.24, 2.45) is 5.92 Å². The summed E-state index contributed by atoms with van der Waals surface area (Å²) in [6, 6.07) is 6.92. The van der Waals surface area contributed by atoms with Crippen molar-refractivity contribution in [1.29, 1.82) is 0 Å². The van der Waals surface area contributed by atoms with Crippen molar-refractivity contribution in [2.45, 2.75) is 39.2 Å². The van der Waals surface area contributed by atoms with Gasteiger partial charge in [-0.05, 0) is 37.8 Å². The van der Waals surface area contributed by atoms with Gasteiger partial charge < -0.3 is 14.9 Å². The van der Waals surface area contributed by atoms with Gasteiger partial charge in [-0.15, -0.1) is 0 Å². The van der Waals surface area contributed by atoms with Gasteiger partial charge in [-0.3, -0.25) is 4.79 Å². The van der Waals surface area contributed by atoms with Gasteiger partial charge in [0.05, 0.1) is 5.60 Å². The van der Waals surface area contributed by atoms with Crippen LogP contribution in [0.25, 0.3) is 11.4 Å². The van der Waals surface area contributed by atoms with E-state index in [9.17, 15) is 9.90 Å². The van der Waals surface area contributed by atoms with Crippen LogP contribution in [0.2, 0.25) is 0 Å². The fourth-order valence-electron chi connectivity index (χ4n) is 2.13. The van der Waals surface area contributed by atoms with E-state index in [4.69, 9.17) is 4.52 Å². The molecule has 0 aliphatic rings. The highest BCUT2D eigenvalue weighted by Gasteiger charge is 2.21. The molecule has 2 rings (SSSR count). The Hall–Kier alpha value is -2.21. The molecule has 0 saturated heterocycles. The maximum Gasteiger partial charge on any atom is 0.251 e. The first-order valence-electron chi connectivity index (χ1n) is 7.75. The Kier molecular flexibility index (Phi) is 5.50. The van der Waals surface area contributed by atoms with E-state index >= 15 is 0 Å². The summed E-state index contributed by atoms with van der Waals surface area (Å²) >= 11 is 0. The largest absolute Gasteiger partial charge is 0.388 e. The van der Waals surface area contributed by atoms with E-state index in [1.54, 1.807) is 31.2 Å². The molecule has 0 saturated carbocycles. The first kappa shape index (κ1) is 17.1. The highest BCUT2D eigenvalue weighted by Crippen LogP contribution is 2.17. The van der Waals surface area contributed by atoms with Gasteiger partial charge in [-0.1, -0.05) is 31.1 Å². The lowest BCUT2D eigenvalue weighted by atomic mass is 9.95. The fraction of sp³-hybridized carbons (Fsp3) is 0.471. The van der Waals surface area contributed by atoms with Crippen LogP contribution in [0.3, 0.4) is 0 Å². The molecule has 0 fully saturated rings. The molecule has 0 spiro atoms. The minimum Gasteiger partial charge on any atom is -0.388 e. The zero-order valence-corrected chi connectivity index (χ0v) is 13.7. The number of hydrogen-bond donors (Lipinski definition) is 2. The van der Waals surface area contributed by atoms with E-state index < -0.39 is 5.60 Å². The zero-order valence-electron chi connectivity index (χ0n) is 13.7. The summed E-state index contributed by atoms with van der Waals surface area (Å²) < 4.78 is 4.69. The number of nitrogens with zero attached hydrogens (tertiary/aromatic N) is 2. The SMILES string of the molecule is CC(C)CCC(C)(O)CNC(=O)c1ccc(-c2ncon2)cc1. The first-order valence-corrected chi connectivity index (χ1v) is 7.75. The molecule has 1 heterocycles. The Morgan fingerprint density at radius 2 is 2.04 bits per heavy atom. The molecule has 0 radical (unpaired) electrons. The number of carbonyl (C=O) groups is 1. The van der Waals surface area contributed by atoms with Gasteiger partial charge in [0.15, 0.2) is 0 Å². The van der Waals surface area contributed by atoms with E-state index in [2.05, 4.69) is 29.3 Å². The number of amides is 1. The molecule has 23 heavy (non-hydrogen) atoms. The van der Waals surface area contributed by atoms with Gasteiger partial charge in [0.1, 0.15) is 0 Å². The Bertz CT molecular complexity index is 619. The Labute approximate surface area is 135 Å². The molecule has 6 heteroatoms. The molecule has 1 aromatic heterocycles. The van der Waals surface area contributed by atoms with Gasteiger partial charge in [-0.25, -0.2) is 0 Å². The minimum atomic E-state index is -0.898. The molecule has 0 aliphatic heterocycles. The predicted molar refractivity (Wildman–Crippen MR) is 86.8 cm³/mol. The van der Waals surface area contributed by atoms with Crippen molar-refractivity contribution < 1.29 is 14.4 Å². The van der Waals surface area contributed by atoms with Crippen molar-refractivity contribution >= 4 is 5.91 Å². The molecular weight excluding hydrogens is 294 g/mol. The lowest BCUT2D eigenvalue weighted by Crippen LogP contribution is -2.40. The van der Waals surface area contributed by atoms with Crippen molar-refractivity contribution in [2.75, 3.05) is 6.54 Å². The minimum absolute atomic E-state index is 0.213. The highest BCUT2D eigenvalue weighted by atomic mass is 16.5. The third-order valence-corrected chi connectivity index (χ3v) is 3.66. The second-order valence-corrected chi connectivity index (χ2v) is 6.44. The summed E-state index contributed by atoms with van der Waals surface area (Å²) in [4.78, 5) is 16.1. The van der Waals surface area contributed by atoms with Crippen LogP contribution in [0.5, 0.6) is 0 Å². The Morgan fingerprint density at radius 3 is 2.61 bits per heavy atom. The van der Waals surface area contributed by atoms with E-state index in [0.29, 0.717) is 23.7 Å². The van der Waals surface area contributed by atoms with Crippen LogP contribution in [0, 0.1) is 5.92 Å². The van der Waals surface area contributed by atoms with Crippen LogP contribution in [0.1, 0.15) is 44.0 Å². The average molecular weight is 317 g/mol. The summed E-state index contributed by atoms with van der Waals surface area (Å²) in [7, 11) is 0. The van der Waals surface area contributed by atoms with E-state index in [-0.39, 0.29) is 12.5 Å². The lowest BCUT2D eigenvalue weighted by Gasteiger charge is -2.24. The molecular formula is C17H23N3O3. The summed E-state index contributed by atoms with van der Waals surface area (Å²) in [6.45, 7) is 6.19. The van der Waals surface area contributed by atoms with Gasteiger partial charge in [0.2, 0.25) is 12.2 Å². The van der Waals surface area contributed by atoms with Crippen molar-refractivity contribution in [3.05, 3.63) is 36.2 Å². The number of hydrogen-bond acceptors (Lipinski definition) is 5. The lowest BCUT2D eigenvalue weighted by molar-refractivity contribution is 0.0429. The van der Waals surface area contributed by atoms with Gasteiger partial charge >= 0.3 is 0 Å². The van der Waals surface area contributed by atoms with Crippen LogP contribution in [-0.2, 0) is 0 Å².